The van der Waals surface area contributed by atoms with Crippen molar-refractivity contribution in [3.8, 4) is 0 Å². The second-order valence-electron chi connectivity index (χ2n) is 25.0. The van der Waals surface area contributed by atoms with Gasteiger partial charge in [-0.05, 0) is 132 Å². The molecule has 408 valence electrons. The van der Waals surface area contributed by atoms with Crippen molar-refractivity contribution in [2.45, 2.75) is 238 Å². The molecule has 1 amide bonds. The number of amides is 1. The van der Waals surface area contributed by atoms with E-state index in [0.717, 1.165) is 24.0 Å². The number of Topliss-reactive ketones (excluding diaryl/α,β-unsaturated/α-hetero) is 2. The van der Waals surface area contributed by atoms with Crippen molar-refractivity contribution >= 4 is 40.1 Å². The molecule has 2 saturated heterocycles. The van der Waals surface area contributed by atoms with E-state index >= 15 is 4.79 Å². The van der Waals surface area contributed by atoms with Crippen LogP contribution in [0.3, 0.4) is 0 Å². The number of carbonyl (C=O) groups excluding carboxylic acids is 4. The van der Waals surface area contributed by atoms with Gasteiger partial charge in [0.25, 0.3) is 11.7 Å². The average Bonchev–Trinajstić information content (AvgIpc) is 3.28. The van der Waals surface area contributed by atoms with Crippen LogP contribution in [0.25, 0.3) is 0 Å². The molecule has 4 rings (SSSR count). The van der Waals surface area contributed by atoms with Crippen molar-refractivity contribution in [1.29, 1.82) is 0 Å². The number of cyclic esters (lactones) is 1. The third-order valence-corrected chi connectivity index (χ3v) is 26.4. The highest BCUT2D eigenvalue weighted by atomic mass is 28.4. The Hall–Kier alpha value is -2.13. The molecule has 0 spiro atoms. The van der Waals surface area contributed by atoms with Gasteiger partial charge in [-0.15, -0.1) is 0 Å². The molecule has 3 fully saturated rings. The molecule has 2 bridgehead atoms. The largest absolute Gasteiger partial charge is 0.456 e. The van der Waals surface area contributed by atoms with E-state index < -0.39 is 94.4 Å². The lowest BCUT2D eigenvalue weighted by atomic mass is 9.81. The highest BCUT2D eigenvalue weighted by Crippen LogP contribution is 2.44. The number of piperidine rings is 1. The molecule has 3 heterocycles. The Morgan fingerprint density at radius 1 is 0.803 bits per heavy atom. The third-order valence-electron chi connectivity index (χ3n) is 17.3. The summed E-state index contributed by atoms with van der Waals surface area (Å²) in [5.74, 6) is -7.37. The van der Waals surface area contributed by atoms with Crippen LogP contribution < -0.4 is 0 Å². The molecule has 7 unspecified atom stereocenters. The summed E-state index contributed by atoms with van der Waals surface area (Å²) in [4.78, 5) is 60.3. The van der Waals surface area contributed by atoms with Crippen LogP contribution in [-0.2, 0) is 51.7 Å². The lowest BCUT2D eigenvalue weighted by Crippen LogP contribution is -2.64. The molecule has 0 aromatic rings. The standard InChI is InChI=1S/C55H97NO13Si2/c1-34-27-35(2)29-46(64-13)49-47(65-14)31-37(4)55(62,67-49)50(59)51(60)56-25-20-19-21-41(56)52(61)66-48(36(3)30-39-22-23-43(45(32-39)63-12)68-70(15,16)53(6,7)8)38(5)44(69-71(17,18)54(9,10)11)33-42(58)40(28-34)24-26-57/h28,30,35,37-41,43-49,57,62H,19-27,29,31-33H2,1-18H3/b34-28+,36-30+/t35-,37?,38+,39?,40+,41?,43+,44?,45?,46-,47?,48+,49+,55?/m0/s1. The first-order valence-corrected chi connectivity index (χ1v) is 32.6. The topological polar surface area (TPSA) is 177 Å². The Labute approximate surface area is 430 Å². The first kappa shape index (κ1) is 61.4. The minimum absolute atomic E-state index is 0.0116. The van der Waals surface area contributed by atoms with Crippen molar-refractivity contribution < 1.29 is 61.9 Å². The molecule has 0 aromatic carbocycles. The molecule has 3 aliphatic heterocycles. The third kappa shape index (κ3) is 15.1. The molecule has 0 radical (unpaired) electrons. The van der Waals surface area contributed by atoms with Gasteiger partial charge in [-0.25, -0.2) is 4.79 Å². The van der Waals surface area contributed by atoms with Crippen LogP contribution in [0, 0.1) is 29.6 Å². The maximum absolute atomic E-state index is 15.0. The van der Waals surface area contributed by atoms with Crippen LogP contribution in [0.2, 0.25) is 36.3 Å². The number of ketones is 2. The number of hydrogen-bond donors (Lipinski definition) is 2. The molecular weight excluding hydrogens is 939 g/mol. The Morgan fingerprint density at radius 2 is 1.38 bits per heavy atom. The lowest BCUT2D eigenvalue weighted by molar-refractivity contribution is -0.302. The van der Waals surface area contributed by atoms with E-state index in [9.17, 15) is 24.6 Å². The molecule has 14 nitrogen and oxygen atoms in total. The minimum atomic E-state index is -2.59. The van der Waals surface area contributed by atoms with Crippen LogP contribution in [-0.4, -0.2) is 144 Å². The maximum atomic E-state index is 15.0. The van der Waals surface area contributed by atoms with Crippen molar-refractivity contribution in [3.63, 3.8) is 0 Å². The normalized spacial score (nSPS) is 36.3. The predicted octanol–water partition coefficient (Wildman–Crippen LogP) is 9.50. The number of nitrogens with zero attached hydrogens (tertiary/aromatic N) is 1. The van der Waals surface area contributed by atoms with Gasteiger partial charge in [0.05, 0.1) is 30.5 Å². The Kier molecular flexibility index (Phi) is 21.8. The summed E-state index contributed by atoms with van der Waals surface area (Å²) in [7, 11) is 0.131. The molecule has 0 aromatic heterocycles. The van der Waals surface area contributed by atoms with E-state index in [1.165, 1.54) is 4.90 Å². The Bertz CT molecular complexity index is 1870. The van der Waals surface area contributed by atoms with Crippen molar-refractivity contribution in [1.82, 2.24) is 4.90 Å². The minimum Gasteiger partial charge on any atom is -0.456 e. The van der Waals surface area contributed by atoms with E-state index in [4.69, 9.17) is 32.5 Å². The van der Waals surface area contributed by atoms with Crippen LogP contribution in [0.1, 0.15) is 147 Å². The molecule has 2 N–H and O–H groups in total. The Morgan fingerprint density at radius 3 is 1.94 bits per heavy atom. The number of fused-ring (bicyclic) bond motifs is 3. The van der Waals surface area contributed by atoms with Gasteiger partial charge >= 0.3 is 5.97 Å². The van der Waals surface area contributed by atoms with Crippen LogP contribution >= 0.6 is 0 Å². The number of allylic oxidation sites excluding steroid dienone is 3. The monoisotopic (exact) mass is 1040 g/mol. The maximum Gasteiger partial charge on any atom is 0.329 e. The van der Waals surface area contributed by atoms with Gasteiger partial charge < -0.3 is 47.6 Å². The molecule has 71 heavy (non-hydrogen) atoms. The number of ether oxygens (including phenoxy) is 5. The summed E-state index contributed by atoms with van der Waals surface area (Å²) in [5.41, 5.74) is 1.75. The quantitative estimate of drug-likeness (QED) is 0.0867. The molecule has 1 saturated carbocycles. The predicted molar refractivity (Wildman–Crippen MR) is 282 cm³/mol. The van der Waals surface area contributed by atoms with Crippen LogP contribution in [0.4, 0.5) is 0 Å². The summed E-state index contributed by atoms with van der Waals surface area (Å²) in [5, 5.41) is 22.5. The first-order valence-electron chi connectivity index (χ1n) is 26.7. The van der Waals surface area contributed by atoms with Gasteiger partial charge in [-0.2, -0.15) is 0 Å². The summed E-state index contributed by atoms with van der Waals surface area (Å²) < 4.78 is 45.3. The number of esters is 1. The van der Waals surface area contributed by atoms with Gasteiger partial charge in [0, 0.05) is 58.7 Å². The molecule has 14 atom stereocenters. The van der Waals surface area contributed by atoms with E-state index in [-0.39, 0.29) is 78.7 Å². The number of aliphatic hydroxyl groups is 2. The first-order chi connectivity index (χ1) is 32.9. The van der Waals surface area contributed by atoms with Gasteiger partial charge in [0.1, 0.15) is 24.0 Å². The SMILES string of the molecule is COC1CC(/C=C(\C)[C@H]2OC(=O)C3CCCCN3C(=O)C(=O)C3(O)O[C@@H](C(OC)CC3C)[C@@H](OC)C[C@@H](C)C/C(C)=C/[C@@H](CCO)C(=O)CC(O[Si](C)(C)C(C)(C)C)[C@H]2C)CC[C@H]1O[Si](C)(C)C(C)(C)C. The Balaban J connectivity index is 1.89. The van der Waals surface area contributed by atoms with Gasteiger partial charge in [-0.3, -0.25) is 14.4 Å². The number of aliphatic hydroxyl groups excluding tert-OH is 1. The summed E-state index contributed by atoms with van der Waals surface area (Å²) in [6, 6.07) is -1.13. The second-order valence-corrected chi connectivity index (χ2v) is 34.5. The van der Waals surface area contributed by atoms with E-state index in [1.54, 1.807) is 28.3 Å². The zero-order valence-corrected chi connectivity index (χ0v) is 49.2. The van der Waals surface area contributed by atoms with Crippen molar-refractivity contribution in [2.24, 2.45) is 29.6 Å². The van der Waals surface area contributed by atoms with Gasteiger partial charge in [0.2, 0.25) is 5.79 Å². The van der Waals surface area contributed by atoms with Crippen molar-refractivity contribution in [2.75, 3.05) is 34.5 Å². The van der Waals surface area contributed by atoms with Crippen LogP contribution in [0.15, 0.2) is 23.3 Å². The molecule has 1 aliphatic carbocycles. The zero-order chi connectivity index (χ0) is 53.6. The lowest BCUT2D eigenvalue weighted by Gasteiger charge is -2.47. The number of rotatable bonds is 11. The van der Waals surface area contributed by atoms with Crippen LogP contribution in [0.5, 0.6) is 0 Å². The summed E-state index contributed by atoms with van der Waals surface area (Å²) >= 11 is 0. The fourth-order valence-electron chi connectivity index (χ4n) is 10.8. The van der Waals surface area contributed by atoms with E-state index in [0.29, 0.717) is 32.1 Å². The number of methoxy groups -OCH3 is 3. The van der Waals surface area contributed by atoms with Gasteiger partial charge in [-0.1, -0.05) is 80.0 Å². The number of carbonyl (C=O) groups is 4. The molecular formula is C55H97NO13Si2. The summed E-state index contributed by atoms with van der Waals surface area (Å²) in [6.07, 6.45) is 5.46. The second kappa shape index (κ2) is 25.1. The zero-order valence-electron chi connectivity index (χ0n) is 47.2. The van der Waals surface area contributed by atoms with Gasteiger partial charge in [0.15, 0.2) is 16.6 Å². The fourth-order valence-corrected chi connectivity index (χ4v) is 13.6. The highest BCUT2D eigenvalue weighted by molar-refractivity contribution is 6.74. The molecule has 16 heteroatoms. The average molecular weight is 1040 g/mol. The molecule has 4 aliphatic rings. The summed E-state index contributed by atoms with van der Waals surface area (Å²) in [6.45, 7) is 31.5. The fraction of sp³-hybridized carbons (Fsp3) is 0.855. The number of hydrogen-bond acceptors (Lipinski definition) is 13. The smallest absolute Gasteiger partial charge is 0.329 e. The van der Waals surface area contributed by atoms with Crippen molar-refractivity contribution in [3.05, 3.63) is 23.3 Å². The van der Waals surface area contributed by atoms with E-state index in [1.807, 2.05) is 26.8 Å². The highest BCUT2D eigenvalue weighted by Gasteiger charge is 2.57. The van der Waals surface area contributed by atoms with E-state index in [2.05, 4.69) is 80.7 Å².